The van der Waals surface area contributed by atoms with E-state index < -0.39 is 0 Å². The van der Waals surface area contributed by atoms with Crippen molar-refractivity contribution < 1.29 is 9.59 Å². The molecule has 2 fully saturated rings. The molecule has 3 heterocycles. The first-order chi connectivity index (χ1) is 21.8. The number of hydrogen-bond donors (Lipinski definition) is 4. The molecule has 6 rings (SSSR count). The van der Waals surface area contributed by atoms with Crippen molar-refractivity contribution >= 4 is 69.6 Å². The van der Waals surface area contributed by atoms with E-state index in [4.69, 9.17) is 38.9 Å². The maximum absolute atomic E-state index is 12.9. The van der Waals surface area contributed by atoms with Gasteiger partial charge in [-0.25, -0.2) is 14.8 Å². The molecule has 3 amide bonds. The van der Waals surface area contributed by atoms with Crippen LogP contribution in [-0.4, -0.2) is 55.5 Å². The van der Waals surface area contributed by atoms with Crippen LogP contribution in [0.1, 0.15) is 50.1 Å². The second kappa shape index (κ2) is 13.2. The lowest BCUT2D eigenvalue weighted by Gasteiger charge is -2.33. The van der Waals surface area contributed by atoms with Gasteiger partial charge < -0.3 is 26.6 Å². The molecular weight excluding hydrogens is 615 g/mol. The minimum atomic E-state index is -0.286. The molecular formula is C31H32Cl2N10O2. The molecule has 1 aliphatic heterocycles. The van der Waals surface area contributed by atoms with Crippen molar-refractivity contribution in [1.29, 1.82) is 5.26 Å². The molecule has 45 heavy (non-hydrogen) atoms. The van der Waals surface area contributed by atoms with E-state index in [9.17, 15) is 14.9 Å². The van der Waals surface area contributed by atoms with Crippen molar-refractivity contribution in [1.82, 2.24) is 24.4 Å². The first-order valence-electron chi connectivity index (χ1n) is 14.9. The van der Waals surface area contributed by atoms with E-state index in [1.165, 1.54) is 12.1 Å². The lowest BCUT2D eigenvalue weighted by molar-refractivity contribution is -0.122. The monoisotopic (exact) mass is 646 g/mol. The quantitative estimate of drug-likeness (QED) is 0.187. The van der Waals surface area contributed by atoms with E-state index in [0.717, 1.165) is 18.5 Å². The van der Waals surface area contributed by atoms with Crippen molar-refractivity contribution in [2.24, 2.45) is 11.7 Å². The molecule has 0 radical (unpaired) electrons. The number of aromatic nitrogens is 4. The molecule has 2 aromatic carbocycles. The zero-order chi connectivity index (χ0) is 31.5. The van der Waals surface area contributed by atoms with E-state index in [1.807, 2.05) is 34.9 Å². The molecule has 1 atom stereocenters. The van der Waals surface area contributed by atoms with Gasteiger partial charge >= 0.3 is 6.03 Å². The zero-order valence-corrected chi connectivity index (χ0v) is 25.9. The average molecular weight is 648 g/mol. The van der Waals surface area contributed by atoms with Gasteiger partial charge in [0.15, 0.2) is 5.65 Å². The number of benzene rings is 2. The van der Waals surface area contributed by atoms with Gasteiger partial charge in [0.2, 0.25) is 17.8 Å². The smallest absolute Gasteiger partial charge is 0.321 e. The van der Waals surface area contributed by atoms with Crippen molar-refractivity contribution in [3.63, 3.8) is 0 Å². The number of rotatable bonds is 7. The number of imidazole rings is 1. The van der Waals surface area contributed by atoms with Crippen LogP contribution in [-0.2, 0) is 4.79 Å². The Morgan fingerprint density at radius 1 is 1.02 bits per heavy atom. The Labute approximate surface area is 269 Å². The normalized spacial score (nSPS) is 19.9. The number of nitrogens with two attached hydrogens (primary N) is 1. The SMILES string of the molecule is N#Cc1cc(Cl)c(Nc2nc3cnc(N[C@@H]4CCCN(C(=O)Nc5ccccc5)C4)nc3n2[C@H]2CC[C@@H](C(N)=O)CC2)c(Cl)c1. The fourth-order valence-electron chi connectivity index (χ4n) is 6.07. The van der Waals surface area contributed by atoms with Crippen molar-refractivity contribution in [3.05, 3.63) is 64.3 Å². The van der Waals surface area contributed by atoms with Gasteiger partial charge in [-0.15, -0.1) is 0 Å². The van der Waals surface area contributed by atoms with Crippen LogP contribution in [0.3, 0.4) is 0 Å². The van der Waals surface area contributed by atoms with Crippen LogP contribution in [0.15, 0.2) is 48.7 Å². The van der Waals surface area contributed by atoms with Gasteiger partial charge in [0.1, 0.15) is 5.52 Å². The first-order valence-corrected chi connectivity index (χ1v) is 15.6. The summed E-state index contributed by atoms with van der Waals surface area (Å²) in [5.41, 5.74) is 8.28. The molecule has 1 saturated heterocycles. The Hall–Kier alpha value is -4.60. The number of carbonyl (C=O) groups is 2. The van der Waals surface area contributed by atoms with Crippen LogP contribution in [0.5, 0.6) is 0 Å². The highest BCUT2D eigenvalue weighted by atomic mass is 35.5. The Morgan fingerprint density at radius 2 is 1.76 bits per heavy atom. The Balaban J connectivity index is 1.27. The minimum absolute atomic E-state index is 0.0290. The van der Waals surface area contributed by atoms with Gasteiger partial charge in [0, 0.05) is 36.8 Å². The first kappa shape index (κ1) is 30.4. The molecule has 14 heteroatoms. The summed E-state index contributed by atoms with van der Waals surface area (Å²) < 4.78 is 2.00. The van der Waals surface area contributed by atoms with Crippen LogP contribution >= 0.6 is 23.2 Å². The molecule has 5 N–H and O–H groups in total. The van der Waals surface area contributed by atoms with E-state index in [2.05, 4.69) is 27.0 Å². The fraction of sp³-hybridized carbons (Fsp3) is 0.355. The number of piperidine rings is 1. The third kappa shape index (κ3) is 6.74. The highest BCUT2D eigenvalue weighted by Gasteiger charge is 2.30. The van der Waals surface area contributed by atoms with E-state index in [-0.39, 0.29) is 40.0 Å². The van der Waals surface area contributed by atoms with E-state index in [1.54, 1.807) is 11.1 Å². The number of urea groups is 1. The van der Waals surface area contributed by atoms with Gasteiger partial charge in [-0.1, -0.05) is 41.4 Å². The van der Waals surface area contributed by atoms with Gasteiger partial charge in [-0.3, -0.25) is 9.36 Å². The third-order valence-electron chi connectivity index (χ3n) is 8.37. The molecule has 1 saturated carbocycles. The third-order valence-corrected chi connectivity index (χ3v) is 8.97. The van der Waals surface area contributed by atoms with Crippen molar-refractivity contribution in [3.8, 4) is 6.07 Å². The summed E-state index contributed by atoms with van der Waals surface area (Å²) in [5, 5.41) is 19.5. The van der Waals surface area contributed by atoms with Gasteiger partial charge in [-0.05, 0) is 62.8 Å². The van der Waals surface area contributed by atoms with Crippen LogP contribution < -0.4 is 21.7 Å². The summed E-state index contributed by atoms with van der Waals surface area (Å²) in [6, 6.07) is 14.3. The summed E-state index contributed by atoms with van der Waals surface area (Å²) in [6.07, 6.45) is 6.05. The molecule has 4 aromatic rings. The predicted octanol–water partition coefficient (Wildman–Crippen LogP) is 6.07. The number of halogens is 2. The molecule has 2 aromatic heterocycles. The number of hydrogen-bond acceptors (Lipinski definition) is 8. The topological polar surface area (TPSA) is 167 Å². The number of primary amides is 1. The summed E-state index contributed by atoms with van der Waals surface area (Å²) in [4.78, 5) is 40.8. The van der Waals surface area contributed by atoms with Crippen LogP contribution in [0.25, 0.3) is 11.2 Å². The number of fused-ring (bicyclic) bond motifs is 1. The second-order valence-electron chi connectivity index (χ2n) is 11.4. The second-order valence-corrected chi connectivity index (χ2v) is 12.2. The van der Waals surface area contributed by atoms with Crippen LogP contribution in [0, 0.1) is 17.2 Å². The Bertz CT molecular complexity index is 1740. The van der Waals surface area contributed by atoms with Gasteiger partial charge in [-0.2, -0.15) is 10.2 Å². The summed E-state index contributed by atoms with van der Waals surface area (Å²) in [7, 11) is 0. The zero-order valence-electron chi connectivity index (χ0n) is 24.3. The number of nitriles is 1. The summed E-state index contributed by atoms with van der Waals surface area (Å²) in [5.74, 6) is 0.431. The Kier molecular flexibility index (Phi) is 8.91. The van der Waals surface area contributed by atoms with Crippen molar-refractivity contribution in [2.75, 3.05) is 29.0 Å². The number of nitrogens with one attached hydrogen (secondary N) is 3. The standard InChI is InChI=1S/C31H32Cl2N10O2/c32-23-13-18(15-34)14-24(33)26(23)40-30-39-25-16-36-29(41-28(25)43(30)22-10-8-19(9-11-22)27(35)44)37-21-7-4-12-42(17-21)31(45)38-20-5-2-1-3-6-20/h1-3,5-6,13-14,16,19,21-22H,4,7-12,17H2,(H2,35,44)(H,38,45)(H,39,40)(H,36,37,41)/t19-,21-,22+/m1/s1. The van der Waals surface area contributed by atoms with Crippen LogP contribution in [0.2, 0.25) is 10.0 Å². The predicted molar refractivity (Wildman–Crippen MR) is 174 cm³/mol. The van der Waals surface area contributed by atoms with Gasteiger partial charge in [0.25, 0.3) is 0 Å². The van der Waals surface area contributed by atoms with Crippen molar-refractivity contribution in [2.45, 2.75) is 50.6 Å². The largest absolute Gasteiger partial charge is 0.369 e. The fourth-order valence-corrected chi connectivity index (χ4v) is 6.65. The number of likely N-dealkylation sites (tertiary alicyclic amines) is 1. The number of para-hydroxylation sites is 1. The lowest BCUT2D eigenvalue weighted by atomic mass is 9.85. The summed E-state index contributed by atoms with van der Waals surface area (Å²) in [6.45, 7) is 1.16. The Morgan fingerprint density at radius 3 is 2.44 bits per heavy atom. The lowest BCUT2D eigenvalue weighted by Crippen LogP contribution is -2.47. The molecule has 2 aliphatic rings. The van der Waals surface area contributed by atoms with E-state index in [0.29, 0.717) is 73.1 Å². The van der Waals surface area contributed by atoms with Crippen LogP contribution in [0.4, 0.5) is 28.1 Å². The number of nitrogens with zero attached hydrogens (tertiary/aromatic N) is 6. The molecule has 0 spiro atoms. The number of amides is 3. The highest BCUT2D eigenvalue weighted by Crippen LogP contribution is 2.39. The van der Waals surface area contributed by atoms with Gasteiger partial charge in [0.05, 0.1) is 33.6 Å². The maximum Gasteiger partial charge on any atom is 0.321 e. The maximum atomic E-state index is 12.9. The molecule has 232 valence electrons. The minimum Gasteiger partial charge on any atom is -0.369 e. The number of anilines is 4. The molecule has 0 unspecified atom stereocenters. The summed E-state index contributed by atoms with van der Waals surface area (Å²) >= 11 is 13.0. The highest BCUT2D eigenvalue weighted by molar-refractivity contribution is 6.39. The molecule has 12 nitrogen and oxygen atoms in total. The average Bonchev–Trinajstić information content (AvgIpc) is 3.40. The molecule has 1 aliphatic carbocycles. The molecule has 0 bridgehead atoms. The number of carbonyl (C=O) groups excluding carboxylic acids is 2. The van der Waals surface area contributed by atoms with E-state index >= 15 is 0 Å².